The minimum absolute atomic E-state index is 0.160. The number of aromatic nitrogens is 4. The van der Waals surface area contributed by atoms with Gasteiger partial charge in [0.05, 0.1) is 5.75 Å². The van der Waals surface area contributed by atoms with Crippen LogP contribution < -0.4 is 5.32 Å². The molecule has 1 amide bonds. The van der Waals surface area contributed by atoms with Gasteiger partial charge in [0.2, 0.25) is 11.1 Å². The topological polar surface area (TPSA) is 80.7 Å². The van der Waals surface area contributed by atoms with Crippen LogP contribution in [0.5, 0.6) is 0 Å². The molecule has 2 heterocycles. The van der Waals surface area contributed by atoms with Gasteiger partial charge in [-0.15, -0.1) is 21.5 Å². The third kappa shape index (κ3) is 5.98. The number of nitrogens with zero attached hydrogens (tertiary/aromatic N) is 4. The number of carbonyl (C=O) groups is 1. The van der Waals surface area contributed by atoms with Crippen LogP contribution in [0.2, 0.25) is 0 Å². The molecule has 5 rings (SSSR count). The van der Waals surface area contributed by atoms with Gasteiger partial charge in [0.25, 0.3) is 0 Å². The van der Waals surface area contributed by atoms with E-state index in [1.165, 1.54) is 28.7 Å². The molecule has 0 unspecified atom stereocenters. The average molecular weight is 496 g/mol. The summed E-state index contributed by atoms with van der Waals surface area (Å²) >= 11 is 2.73. The van der Waals surface area contributed by atoms with Gasteiger partial charge in [-0.05, 0) is 5.56 Å². The highest BCUT2D eigenvalue weighted by atomic mass is 32.2. The second kappa shape index (κ2) is 11.0. The smallest absolute Gasteiger partial charge is 0.236 e. The van der Waals surface area contributed by atoms with Crippen LogP contribution >= 0.6 is 23.1 Å². The van der Waals surface area contributed by atoms with E-state index in [0.29, 0.717) is 16.0 Å². The van der Waals surface area contributed by atoms with Crippen LogP contribution in [0.4, 0.5) is 5.13 Å². The van der Waals surface area contributed by atoms with Crippen molar-refractivity contribution in [2.24, 2.45) is 0 Å². The molecule has 172 valence electrons. The summed E-state index contributed by atoms with van der Waals surface area (Å²) in [6.07, 6.45) is 2.60. The fourth-order valence-electron chi connectivity index (χ4n) is 3.49. The first-order valence-corrected chi connectivity index (χ1v) is 12.8. The molecular formula is C27H21N5OS2. The van der Waals surface area contributed by atoms with Gasteiger partial charge >= 0.3 is 0 Å². The van der Waals surface area contributed by atoms with Crippen molar-refractivity contribution in [3.63, 3.8) is 0 Å². The van der Waals surface area contributed by atoms with Crippen LogP contribution in [-0.4, -0.2) is 31.8 Å². The van der Waals surface area contributed by atoms with E-state index in [1.54, 1.807) is 0 Å². The maximum Gasteiger partial charge on any atom is 0.236 e. The second-order valence-electron chi connectivity index (χ2n) is 7.65. The number of anilines is 1. The van der Waals surface area contributed by atoms with Crippen molar-refractivity contribution in [3.8, 4) is 22.5 Å². The van der Waals surface area contributed by atoms with E-state index in [1.807, 2.05) is 85.1 Å². The number of hydrogen-bond acceptors (Lipinski definition) is 7. The minimum Gasteiger partial charge on any atom is -0.301 e. The zero-order valence-corrected chi connectivity index (χ0v) is 20.3. The summed E-state index contributed by atoms with van der Waals surface area (Å²) in [6, 6.07) is 29.9. The van der Waals surface area contributed by atoms with Crippen LogP contribution in [0.25, 0.3) is 22.5 Å². The average Bonchev–Trinajstić information content (AvgIpc) is 3.35. The molecule has 35 heavy (non-hydrogen) atoms. The Balaban J connectivity index is 1.26. The number of nitrogens with one attached hydrogen (secondary N) is 1. The lowest BCUT2D eigenvalue weighted by atomic mass is 10.0. The van der Waals surface area contributed by atoms with Gasteiger partial charge in [-0.25, -0.2) is 9.97 Å². The highest BCUT2D eigenvalue weighted by Gasteiger charge is 2.15. The first kappa shape index (κ1) is 22.9. The largest absolute Gasteiger partial charge is 0.301 e. The maximum absolute atomic E-state index is 12.6. The molecule has 0 aliphatic heterocycles. The Kier molecular flexibility index (Phi) is 7.21. The molecule has 0 fully saturated rings. The summed E-state index contributed by atoms with van der Waals surface area (Å²) in [5, 5.41) is 12.6. The molecule has 0 saturated heterocycles. The number of amides is 1. The van der Waals surface area contributed by atoms with Crippen molar-refractivity contribution >= 4 is 34.1 Å². The zero-order chi connectivity index (χ0) is 23.9. The number of carbonyl (C=O) groups excluding carboxylic acids is 1. The third-order valence-electron chi connectivity index (χ3n) is 5.12. The van der Waals surface area contributed by atoms with E-state index in [9.17, 15) is 4.79 Å². The molecule has 8 heteroatoms. The van der Waals surface area contributed by atoms with Crippen LogP contribution in [-0.2, 0) is 11.2 Å². The molecule has 6 nitrogen and oxygen atoms in total. The summed E-state index contributed by atoms with van der Waals surface area (Å²) in [6.45, 7) is 0. The third-order valence-corrected chi connectivity index (χ3v) is 6.87. The minimum atomic E-state index is -0.160. The molecule has 0 bridgehead atoms. The Morgan fingerprint density at radius 2 is 1.43 bits per heavy atom. The molecule has 0 aliphatic carbocycles. The van der Waals surface area contributed by atoms with E-state index >= 15 is 0 Å². The predicted molar refractivity (Wildman–Crippen MR) is 141 cm³/mol. The second-order valence-corrected chi connectivity index (χ2v) is 9.71. The molecule has 0 radical (unpaired) electrons. The molecule has 2 aromatic heterocycles. The zero-order valence-electron chi connectivity index (χ0n) is 18.7. The molecule has 3 aromatic carbocycles. The molecule has 5 aromatic rings. The molecule has 0 atom stereocenters. The van der Waals surface area contributed by atoms with Gasteiger partial charge in [-0.1, -0.05) is 103 Å². The summed E-state index contributed by atoms with van der Waals surface area (Å²) < 4.78 is 0. The van der Waals surface area contributed by atoms with Crippen LogP contribution in [0.3, 0.4) is 0 Å². The lowest BCUT2D eigenvalue weighted by molar-refractivity contribution is -0.113. The van der Waals surface area contributed by atoms with Crippen molar-refractivity contribution < 1.29 is 4.79 Å². The Morgan fingerprint density at radius 1 is 0.800 bits per heavy atom. The summed E-state index contributed by atoms with van der Waals surface area (Å²) in [5.41, 5.74) is 4.54. The molecule has 0 spiro atoms. The van der Waals surface area contributed by atoms with Gasteiger partial charge in [0.1, 0.15) is 11.4 Å². The van der Waals surface area contributed by atoms with Gasteiger partial charge in [0, 0.05) is 28.6 Å². The highest BCUT2D eigenvalue weighted by Crippen LogP contribution is 2.29. The van der Waals surface area contributed by atoms with Crippen molar-refractivity contribution in [1.29, 1.82) is 0 Å². The van der Waals surface area contributed by atoms with Crippen LogP contribution in [0, 0.1) is 0 Å². The fraction of sp³-hybridized carbons (Fsp3) is 0.0741. The van der Waals surface area contributed by atoms with Crippen molar-refractivity contribution in [2.45, 2.75) is 11.6 Å². The monoisotopic (exact) mass is 495 g/mol. The summed E-state index contributed by atoms with van der Waals surface area (Å²) in [7, 11) is 0. The van der Waals surface area contributed by atoms with E-state index in [2.05, 4.69) is 32.6 Å². The first-order valence-electron chi connectivity index (χ1n) is 11.0. The van der Waals surface area contributed by atoms with Gasteiger partial charge in [-0.2, -0.15) is 0 Å². The van der Waals surface area contributed by atoms with Crippen LogP contribution in [0.15, 0.2) is 102 Å². The molecular weight excluding hydrogens is 474 g/mol. The Morgan fingerprint density at radius 3 is 2.11 bits per heavy atom. The quantitative estimate of drug-likeness (QED) is 0.267. The number of hydrogen-bond donors (Lipinski definition) is 1. The van der Waals surface area contributed by atoms with Gasteiger partial charge in [-0.3, -0.25) is 4.79 Å². The highest BCUT2D eigenvalue weighted by molar-refractivity contribution is 7.99. The lowest BCUT2D eigenvalue weighted by Crippen LogP contribution is -2.14. The Hall–Kier alpha value is -3.88. The standard InChI is InChI=1S/C27H21N5OS2/c33-23(29-26-28-17-22(35-26)16-19-10-4-1-5-11-19)18-34-27-30-24(20-12-6-2-7-13-20)25(31-32-27)21-14-8-3-9-15-21/h1-15,17H,16,18H2,(H,28,29,33). The van der Waals surface area contributed by atoms with E-state index in [4.69, 9.17) is 4.98 Å². The van der Waals surface area contributed by atoms with Crippen LogP contribution in [0.1, 0.15) is 10.4 Å². The Bertz CT molecular complexity index is 1410. The summed E-state index contributed by atoms with van der Waals surface area (Å²) in [5.74, 6) is 0.00128. The van der Waals surface area contributed by atoms with Gasteiger partial charge < -0.3 is 5.32 Å². The predicted octanol–water partition coefficient (Wildman–Crippen LogP) is 5.98. The maximum atomic E-state index is 12.6. The molecule has 1 N–H and O–H groups in total. The molecule has 0 saturated carbocycles. The normalized spacial score (nSPS) is 10.7. The van der Waals surface area contributed by atoms with E-state index in [-0.39, 0.29) is 11.7 Å². The van der Waals surface area contributed by atoms with Crippen molar-refractivity contribution in [3.05, 3.63) is 108 Å². The number of rotatable bonds is 8. The summed E-state index contributed by atoms with van der Waals surface area (Å²) in [4.78, 5) is 22.7. The number of benzene rings is 3. The van der Waals surface area contributed by atoms with Crippen molar-refractivity contribution in [1.82, 2.24) is 20.2 Å². The number of thioether (sulfide) groups is 1. The van der Waals surface area contributed by atoms with E-state index in [0.717, 1.165) is 28.1 Å². The number of thiazole rings is 1. The SMILES string of the molecule is O=C(CSc1nnc(-c2ccccc2)c(-c2ccccc2)n1)Nc1ncc(Cc2ccccc2)s1. The fourth-order valence-corrected chi connectivity index (χ4v) is 4.94. The van der Waals surface area contributed by atoms with Crippen molar-refractivity contribution in [2.75, 3.05) is 11.1 Å². The lowest BCUT2D eigenvalue weighted by Gasteiger charge is -2.09. The van der Waals surface area contributed by atoms with Gasteiger partial charge in [0.15, 0.2) is 5.13 Å². The molecule has 0 aliphatic rings. The first-order chi connectivity index (χ1) is 17.2. The van der Waals surface area contributed by atoms with E-state index < -0.39 is 0 Å². The Labute approximate surface area is 211 Å².